The second-order valence-corrected chi connectivity index (χ2v) is 30.1. The fourth-order valence-electron chi connectivity index (χ4n) is 16.7. The van der Waals surface area contributed by atoms with Gasteiger partial charge in [-0.05, 0) is 220 Å². The van der Waals surface area contributed by atoms with Gasteiger partial charge in [0.1, 0.15) is 0 Å². The molecule has 0 fully saturated rings. The zero-order valence-electron chi connectivity index (χ0n) is 49.1. The van der Waals surface area contributed by atoms with Crippen molar-refractivity contribution in [2.45, 2.75) is 200 Å². The molecule has 5 aliphatic carbocycles. The van der Waals surface area contributed by atoms with E-state index in [-0.39, 0.29) is 50.2 Å². The van der Waals surface area contributed by atoms with Crippen LogP contribution in [0, 0.1) is 6.92 Å². The summed E-state index contributed by atoms with van der Waals surface area (Å²) in [4.78, 5) is 5.75. The molecule has 0 amide bonds. The predicted molar refractivity (Wildman–Crippen MR) is 326 cm³/mol. The van der Waals surface area contributed by atoms with Gasteiger partial charge in [0, 0.05) is 44.8 Å². The van der Waals surface area contributed by atoms with E-state index in [9.17, 15) is 0 Å². The van der Waals surface area contributed by atoms with Crippen LogP contribution in [0.2, 0.25) is 0 Å². The lowest BCUT2D eigenvalue weighted by molar-refractivity contribution is 0.332. The maximum absolute atomic E-state index is 2.89. The topological polar surface area (TPSA) is 6.48 Å². The zero-order chi connectivity index (χ0) is 53.6. The lowest BCUT2D eigenvalue weighted by Crippen LogP contribution is -2.62. The molecule has 3 heteroatoms. The Morgan fingerprint density at radius 3 is 1.42 bits per heavy atom. The smallest absolute Gasteiger partial charge is 0.333 e. The number of hydrogen-bond donors (Lipinski definition) is 0. The van der Waals surface area contributed by atoms with Crippen molar-refractivity contribution < 1.29 is 0 Å². The van der Waals surface area contributed by atoms with E-state index in [0.29, 0.717) is 0 Å². The van der Waals surface area contributed by atoms with E-state index >= 15 is 0 Å². The molecule has 0 saturated carbocycles. The van der Waals surface area contributed by atoms with Gasteiger partial charge < -0.3 is 9.71 Å². The summed E-state index contributed by atoms with van der Waals surface area (Å²) in [5, 5.41) is 0. The van der Waals surface area contributed by atoms with Crippen LogP contribution in [0.25, 0.3) is 33.4 Å². The van der Waals surface area contributed by atoms with Crippen LogP contribution in [0.5, 0.6) is 0 Å². The Bertz CT molecular complexity index is 3750. The quantitative estimate of drug-likeness (QED) is 0.159. The van der Waals surface area contributed by atoms with Crippen LogP contribution in [0.15, 0.2) is 109 Å². The maximum Gasteiger partial charge on any atom is 0.333 e. The van der Waals surface area contributed by atoms with Crippen molar-refractivity contribution in [3.63, 3.8) is 0 Å². The van der Waals surface area contributed by atoms with E-state index in [1.165, 1.54) is 172 Å². The summed E-state index contributed by atoms with van der Waals surface area (Å²) in [5.41, 5.74) is 33.9. The van der Waals surface area contributed by atoms with Crippen LogP contribution in [0.4, 0.5) is 28.4 Å². The molecule has 14 rings (SSSR count). The van der Waals surface area contributed by atoms with Crippen LogP contribution in [0.1, 0.15) is 211 Å². The molecule has 0 atom stereocenters. The third-order valence-corrected chi connectivity index (χ3v) is 21.9. The number of fused-ring (bicyclic) bond motifs is 14. The molecule has 386 valence electrons. The number of nitrogens with zero attached hydrogens (tertiary/aromatic N) is 2. The first-order chi connectivity index (χ1) is 35.6. The van der Waals surface area contributed by atoms with E-state index in [2.05, 4.69) is 237 Å². The summed E-state index contributed by atoms with van der Waals surface area (Å²) in [7, 11) is 0. The Morgan fingerprint density at radius 2 is 0.829 bits per heavy atom. The van der Waals surface area contributed by atoms with Crippen LogP contribution in [0.3, 0.4) is 0 Å². The van der Waals surface area contributed by atoms with Crippen LogP contribution in [-0.2, 0) is 43.3 Å². The molecular weight excluding hydrogens is 916 g/mol. The molecule has 0 aromatic heterocycles. The molecule has 0 radical (unpaired) electrons. The van der Waals surface area contributed by atoms with Gasteiger partial charge in [0.05, 0.1) is 0 Å². The second-order valence-electron chi connectivity index (χ2n) is 30.1. The van der Waals surface area contributed by atoms with Gasteiger partial charge in [-0.15, -0.1) is 0 Å². The molecular formula is C73H81BN2. The standard InChI is InChI=1S/C73H81BN2/c1-42-34-54-57(70(10,11)32-30-67(54,4)5)40-60(42)75-62-39-53-46(44-22-18-20-24-50(44)72(53,14)15)38-59(62)74-64-49(36-48-45-23-19-21-25-51(45)73(16,17)63(48)65(64)75)47-37-56-58(71(12,13)33-31-69(56,8)9)41-61(47)76(74)43-26-27-52-55(35-43)68(6,7)29-28-66(52,2)3/h18-27,34-41H,28-33H2,1-17H3. The molecule has 0 unspecified atom stereocenters. The monoisotopic (exact) mass is 997 g/mol. The highest BCUT2D eigenvalue weighted by Crippen LogP contribution is 2.62. The Balaban J connectivity index is 1.19. The Labute approximate surface area is 456 Å². The van der Waals surface area contributed by atoms with Gasteiger partial charge in [-0.2, -0.15) is 0 Å². The van der Waals surface area contributed by atoms with Gasteiger partial charge in [0.2, 0.25) is 0 Å². The minimum atomic E-state index is -0.277. The first-order valence-corrected chi connectivity index (χ1v) is 29.3. The average molecular weight is 997 g/mol. The molecule has 0 bridgehead atoms. The summed E-state index contributed by atoms with van der Waals surface area (Å²) in [5.74, 6) is 0. The molecule has 2 nitrogen and oxygen atoms in total. The van der Waals surface area contributed by atoms with Crippen molar-refractivity contribution in [1.82, 2.24) is 0 Å². The summed E-state index contributed by atoms with van der Waals surface area (Å²) >= 11 is 0. The molecule has 7 aromatic carbocycles. The van der Waals surface area contributed by atoms with Gasteiger partial charge in [0.25, 0.3) is 0 Å². The Hall–Kier alpha value is -5.80. The van der Waals surface area contributed by atoms with Crippen molar-refractivity contribution >= 4 is 46.2 Å². The summed E-state index contributed by atoms with van der Waals surface area (Å²) < 4.78 is 0. The minimum absolute atomic E-state index is 0.0312. The molecule has 7 aromatic rings. The number of benzene rings is 7. The van der Waals surface area contributed by atoms with Gasteiger partial charge in [-0.25, -0.2) is 0 Å². The third kappa shape index (κ3) is 6.24. The highest BCUT2D eigenvalue weighted by atomic mass is 15.2. The van der Waals surface area contributed by atoms with Crippen molar-refractivity contribution in [1.29, 1.82) is 0 Å². The highest BCUT2D eigenvalue weighted by Gasteiger charge is 2.53. The lowest BCUT2D eigenvalue weighted by Gasteiger charge is -2.50. The molecule has 0 spiro atoms. The molecule has 2 aliphatic heterocycles. The molecule has 2 heterocycles. The van der Waals surface area contributed by atoms with Crippen molar-refractivity contribution in [3.05, 3.63) is 170 Å². The molecule has 0 N–H and O–H groups in total. The van der Waals surface area contributed by atoms with E-state index < -0.39 is 0 Å². The third-order valence-electron chi connectivity index (χ3n) is 21.9. The van der Waals surface area contributed by atoms with Crippen molar-refractivity contribution in [3.8, 4) is 33.4 Å². The van der Waals surface area contributed by atoms with E-state index in [4.69, 9.17) is 0 Å². The Morgan fingerprint density at radius 1 is 0.355 bits per heavy atom. The highest BCUT2D eigenvalue weighted by molar-refractivity contribution is 6.93. The van der Waals surface area contributed by atoms with E-state index in [0.717, 1.165) is 0 Å². The first-order valence-electron chi connectivity index (χ1n) is 29.3. The molecule has 0 saturated heterocycles. The van der Waals surface area contributed by atoms with Crippen LogP contribution in [-0.4, -0.2) is 6.85 Å². The SMILES string of the molecule is Cc1cc2c(cc1N1c3cc4c(cc3B3c5c(cc6c(c51)C(C)(C)c1ccccc1-6)-c1cc5c(cc1N3c1ccc3c(c1)C(C)(C)CCC3(C)C)C(C)(C)CCC5(C)C)-c1ccccc1C4(C)C)C(C)(C)CCC2(C)C. The van der Waals surface area contributed by atoms with Gasteiger partial charge in [0.15, 0.2) is 0 Å². The van der Waals surface area contributed by atoms with Gasteiger partial charge in [-0.3, -0.25) is 0 Å². The maximum atomic E-state index is 2.89. The first kappa shape index (κ1) is 48.6. The molecule has 7 aliphatic rings. The predicted octanol–water partition coefficient (Wildman–Crippen LogP) is 18.4. The van der Waals surface area contributed by atoms with Crippen molar-refractivity contribution in [2.75, 3.05) is 9.71 Å². The lowest BCUT2D eigenvalue weighted by atomic mass is 9.42. The van der Waals surface area contributed by atoms with Crippen LogP contribution < -0.4 is 20.6 Å². The van der Waals surface area contributed by atoms with Gasteiger partial charge >= 0.3 is 6.85 Å². The number of aryl methyl sites for hydroxylation is 1. The summed E-state index contributed by atoms with van der Waals surface area (Å²) in [6.45, 7) is 42.3. The molecule has 76 heavy (non-hydrogen) atoms. The Kier molecular flexibility index (Phi) is 9.49. The van der Waals surface area contributed by atoms with Gasteiger partial charge in [-0.1, -0.05) is 178 Å². The van der Waals surface area contributed by atoms with Crippen molar-refractivity contribution in [2.24, 2.45) is 0 Å². The number of hydrogen-bond acceptors (Lipinski definition) is 2. The average Bonchev–Trinajstić information content (AvgIpc) is 3.89. The number of rotatable bonds is 2. The number of anilines is 5. The zero-order valence-corrected chi connectivity index (χ0v) is 49.1. The fourth-order valence-corrected chi connectivity index (χ4v) is 16.7. The summed E-state index contributed by atoms with van der Waals surface area (Å²) in [6, 6.07) is 45.3. The second kappa shape index (κ2) is 14.9. The normalized spacial score (nSPS) is 21.7. The van der Waals surface area contributed by atoms with Crippen LogP contribution >= 0.6 is 0 Å². The minimum Gasteiger partial charge on any atom is -0.376 e. The van der Waals surface area contributed by atoms with E-state index in [1.54, 1.807) is 0 Å². The van der Waals surface area contributed by atoms with E-state index in [1.807, 2.05) is 0 Å². The fraction of sp³-hybridized carbons (Fsp3) is 0.425. The largest absolute Gasteiger partial charge is 0.376 e. The summed E-state index contributed by atoms with van der Waals surface area (Å²) in [6.07, 6.45) is 7.08.